The molecule has 4 aliphatic rings. The van der Waals surface area contributed by atoms with Crippen LogP contribution in [0.2, 0.25) is 0 Å². The van der Waals surface area contributed by atoms with Crippen LogP contribution in [0.15, 0.2) is 54.9 Å². The van der Waals surface area contributed by atoms with E-state index in [2.05, 4.69) is 61.6 Å². The van der Waals surface area contributed by atoms with Gasteiger partial charge in [0.15, 0.2) is 6.73 Å². The molecule has 0 spiro atoms. The van der Waals surface area contributed by atoms with Gasteiger partial charge in [0.2, 0.25) is 11.8 Å². The molecular weight excluding hydrogens is 779 g/mol. The van der Waals surface area contributed by atoms with Gasteiger partial charge < -0.3 is 48.6 Å². The van der Waals surface area contributed by atoms with Crippen molar-refractivity contribution in [2.45, 2.75) is 83.3 Å². The minimum Gasteiger partial charge on any atom is -0.472 e. The first-order valence-electron chi connectivity index (χ1n) is 21.5. The summed E-state index contributed by atoms with van der Waals surface area (Å²) in [6.07, 6.45) is 8.14. The fourth-order valence-corrected chi connectivity index (χ4v) is 9.63. The average molecular weight is 834 g/mol. The van der Waals surface area contributed by atoms with E-state index in [0.717, 1.165) is 94.8 Å². The molecule has 3 saturated heterocycles. The van der Waals surface area contributed by atoms with Crippen LogP contribution >= 0.6 is 0 Å². The van der Waals surface area contributed by atoms with Crippen molar-refractivity contribution >= 4 is 28.8 Å². The van der Waals surface area contributed by atoms with E-state index in [1.165, 1.54) is 7.11 Å². The third kappa shape index (κ3) is 7.88. The molecule has 4 N–H and O–H groups in total. The van der Waals surface area contributed by atoms with Gasteiger partial charge in [-0.3, -0.25) is 14.9 Å². The number of fused-ring (bicyclic) bond motifs is 5. The smallest absolute Gasteiger partial charge is 0.407 e. The highest BCUT2D eigenvalue weighted by atomic mass is 16.5. The number of H-pyrrole nitrogens is 2. The first-order valence-corrected chi connectivity index (χ1v) is 21.5. The lowest BCUT2D eigenvalue weighted by molar-refractivity contribution is -0.137. The normalized spacial score (nSPS) is 20.1. The Labute approximate surface area is 354 Å². The summed E-state index contributed by atoms with van der Waals surface area (Å²) < 4.78 is 24.2. The number of hydrogen-bond donors (Lipinski definition) is 4. The van der Waals surface area contributed by atoms with E-state index in [4.69, 9.17) is 28.9 Å². The second-order valence-corrected chi connectivity index (χ2v) is 16.9. The molecule has 3 amide bonds. The summed E-state index contributed by atoms with van der Waals surface area (Å²) in [5.41, 5.74) is 6.80. The molecule has 3 fully saturated rings. The molecule has 0 radical (unpaired) electrons. The number of aromatic nitrogens is 5. The zero-order valence-electron chi connectivity index (χ0n) is 35.2. The van der Waals surface area contributed by atoms with E-state index in [1.807, 2.05) is 35.9 Å². The van der Waals surface area contributed by atoms with E-state index in [-0.39, 0.29) is 41.8 Å². The fourth-order valence-electron chi connectivity index (χ4n) is 9.63. The molecular formula is C45H55N9O7. The lowest BCUT2D eigenvalue weighted by Gasteiger charge is -2.34. The zero-order valence-corrected chi connectivity index (χ0v) is 35.2. The number of carbonyl (C=O) groups excluding carboxylic acids is 3. The first-order chi connectivity index (χ1) is 29.7. The molecule has 4 aliphatic heterocycles. The van der Waals surface area contributed by atoms with Crippen LogP contribution < -0.4 is 15.4 Å². The zero-order chi connectivity index (χ0) is 42.2. The predicted molar refractivity (Wildman–Crippen MR) is 227 cm³/mol. The number of imidazole rings is 2. The molecule has 61 heavy (non-hydrogen) atoms. The van der Waals surface area contributed by atoms with E-state index in [0.29, 0.717) is 45.6 Å². The summed E-state index contributed by atoms with van der Waals surface area (Å²) in [5.74, 6) is 2.34. The van der Waals surface area contributed by atoms with Gasteiger partial charge in [0, 0.05) is 55.5 Å². The van der Waals surface area contributed by atoms with Gasteiger partial charge in [0.05, 0.1) is 67.0 Å². The van der Waals surface area contributed by atoms with Gasteiger partial charge in [-0.05, 0) is 80.7 Å². The van der Waals surface area contributed by atoms with Crippen molar-refractivity contribution in [3.8, 4) is 39.5 Å². The van der Waals surface area contributed by atoms with Crippen LogP contribution in [-0.2, 0) is 30.5 Å². The lowest BCUT2D eigenvalue weighted by Crippen LogP contribution is -2.52. The summed E-state index contributed by atoms with van der Waals surface area (Å²) in [7, 11) is 2.93. The van der Waals surface area contributed by atoms with Crippen molar-refractivity contribution < 1.29 is 33.3 Å². The molecule has 9 rings (SSSR count). The highest BCUT2D eigenvalue weighted by molar-refractivity contribution is 5.92. The molecule has 16 nitrogen and oxygen atoms in total. The second-order valence-electron chi connectivity index (χ2n) is 16.9. The second kappa shape index (κ2) is 17.3. The number of amides is 3. The molecule has 0 saturated carbocycles. The van der Waals surface area contributed by atoms with Crippen LogP contribution in [0, 0.1) is 11.8 Å². The van der Waals surface area contributed by atoms with Crippen LogP contribution in [0.1, 0.15) is 76.1 Å². The summed E-state index contributed by atoms with van der Waals surface area (Å²) in [5, 5.41) is 7.16. The average Bonchev–Trinajstić information content (AvgIpc) is 4.14. The number of benzene rings is 2. The highest BCUT2D eigenvalue weighted by Gasteiger charge is 2.40. The Kier molecular flexibility index (Phi) is 11.6. The Morgan fingerprint density at radius 3 is 2.16 bits per heavy atom. The van der Waals surface area contributed by atoms with Crippen LogP contribution in [0.5, 0.6) is 5.75 Å². The Morgan fingerprint density at radius 1 is 0.852 bits per heavy atom. The van der Waals surface area contributed by atoms with Gasteiger partial charge in [0.25, 0.3) is 0 Å². The summed E-state index contributed by atoms with van der Waals surface area (Å²) in [4.78, 5) is 60.2. The van der Waals surface area contributed by atoms with Crippen molar-refractivity contribution in [2.24, 2.45) is 11.8 Å². The molecule has 5 aromatic rings. The molecule has 16 heteroatoms. The van der Waals surface area contributed by atoms with Crippen molar-refractivity contribution in [1.82, 2.24) is 44.9 Å². The summed E-state index contributed by atoms with van der Waals surface area (Å²) in [6, 6.07) is 13.4. The Hall–Kier alpha value is -5.71. The fraction of sp³-hybridized carbons (Fsp3) is 0.489. The first kappa shape index (κ1) is 40.7. The minimum atomic E-state index is -0.697. The van der Waals surface area contributed by atoms with Crippen molar-refractivity contribution in [3.63, 3.8) is 0 Å². The van der Waals surface area contributed by atoms with Gasteiger partial charge in [-0.2, -0.15) is 0 Å². The van der Waals surface area contributed by atoms with Gasteiger partial charge in [-0.15, -0.1) is 0 Å². The standard InChI is InChI=1S/C45H55N9O7/c1-26(2)39(51-45(57)59-4)43(55)52-15-5-7-35(52)41-47-23-33(50-41)29-9-11-31-37-20-30-19-28(10-12-34(30)54(37)25-61-38(31)21-29)32-22-46-42(49-32)36-8-6-16-53(36)44(56)40(48-24-58-3)27-13-17-60-18-14-27/h9-12,19-23,26-27,35-36,39-40,48H,5-8,13-18,24-25H2,1-4H3,(H,46,49)(H,47,50)(H,51,57). The van der Waals surface area contributed by atoms with Crippen molar-refractivity contribution in [3.05, 3.63) is 66.5 Å². The lowest BCUT2D eigenvalue weighted by atomic mass is 9.90. The number of rotatable bonds is 12. The Balaban J connectivity index is 0.912. The maximum atomic E-state index is 14.1. The molecule has 3 aromatic heterocycles. The number of aromatic amines is 2. The van der Waals surface area contributed by atoms with Gasteiger partial charge >= 0.3 is 6.09 Å². The molecule has 4 atom stereocenters. The van der Waals surface area contributed by atoms with Crippen molar-refractivity contribution in [1.29, 1.82) is 0 Å². The van der Waals surface area contributed by atoms with E-state index < -0.39 is 12.1 Å². The number of hydrogen-bond acceptors (Lipinski definition) is 10. The van der Waals surface area contributed by atoms with Crippen LogP contribution in [0.4, 0.5) is 4.79 Å². The van der Waals surface area contributed by atoms with Crippen LogP contribution in [0.25, 0.3) is 44.7 Å². The summed E-state index contributed by atoms with van der Waals surface area (Å²) >= 11 is 0. The topological polar surface area (TPSA) is 181 Å². The van der Waals surface area contributed by atoms with Crippen LogP contribution in [0.3, 0.4) is 0 Å². The molecule has 0 bridgehead atoms. The predicted octanol–water partition coefficient (Wildman–Crippen LogP) is 6.13. The van der Waals surface area contributed by atoms with Crippen molar-refractivity contribution in [2.75, 3.05) is 47.3 Å². The molecule has 0 aliphatic carbocycles. The number of likely N-dealkylation sites (tertiary alicyclic amines) is 2. The number of ether oxygens (including phenoxy) is 4. The van der Waals surface area contributed by atoms with E-state index >= 15 is 0 Å². The third-order valence-corrected chi connectivity index (χ3v) is 12.9. The monoisotopic (exact) mass is 833 g/mol. The SMILES string of the molecule is COCNC(C(=O)N1CCCC1c1ncc(-c2ccc3c(c2)cc2n3COc3cc(-c4cnc(C5CCCN5C(=O)C(NC(=O)OC)C(C)C)[nH]4)ccc3-2)[nH]1)C1CCOCC1. The molecule has 4 unspecified atom stereocenters. The third-order valence-electron chi connectivity index (χ3n) is 12.9. The number of methoxy groups -OCH3 is 2. The van der Waals surface area contributed by atoms with Gasteiger partial charge in [-0.1, -0.05) is 26.0 Å². The maximum Gasteiger partial charge on any atom is 0.407 e. The highest BCUT2D eigenvalue weighted by Crippen LogP contribution is 2.42. The Bertz CT molecular complexity index is 2400. The number of alkyl carbamates (subject to hydrolysis) is 1. The number of nitrogens with zero attached hydrogens (tertiary/aromatic N) is 5. The Morgan fingerprint density at radius 2 is 1.51 bits per heavy atom. The summed E-state index contributed by atoms with van der Waals surface area (Å²) in [6.45, 7) is 7.12. The van der Waals surface area contributed by atoms with E-state index in [9.17, 15) is 14.4 Å². The van der Waals surface area contributed by atoms with Crippen LogP contribution in [-0.4, -0.2) is 112 Å². The van der Waals surface area contributed by atoms with E-state index in [1.54, 1.807) is 13.3 Å². The largest absolute Gasteiger partial charge is 0.472 e. The maximum absolute atomic E-state index is 14.1. The quantitative estimate of drug-likeness (QED) is 0.107. The minimum absolute atomic E-state index is 0.102. The number of carbonyl (C=O) groups is 3. The molecule has 2 aromatic carbocycles. The van der Waals surface area contributed by atoms with Gasteiger partial charge in [-0.25, -0.2) is 14.8 Å². The molecule has 7 heterocycles. The van der Waals surface area contributed by atoms with Gasteiger partial charge in [0.1, 0.15) is 23.4 Å². The number of nitrogens with one attached hydrogen (secondary N) is 4. The molecule has 322 valence electrons.